The number of hydrogen-bond acceptors (Lipinski definition) is 4. The summed E-state index contributed by atoms with van der Waals surface area (Å²) in [6, 6.07) is 2.01. The standard InChI is InChI=1S/C10H15N3O2/c1-10(2)7-15-9(14)13(10)8(5-11)6-12(3)4/h6H,7H2,1-4H3/b8-6+. The van der Waals surface area contributed by atoms with Gasteiger partial charge < -0.3 is 9.64 Å². The lowest BCUT2D eigenvalue weighted by Gasteiger charge is -2.27. The van der Waals surface area contributed by atoms with Crippen LogP contribution in [0.3, 0.4) is 0 Å². The number of ether oxygens (including phenoxy) is 1. The fourth-order valence-corrected chi connectivity index (χ4v) is 1.42. The lowest BCUT2D eigenvalue weighted by atomic mass is 10.1. The van der Waals surface area contributed by atoms with E-state index < -0.39 is 11.6 Å². The van der Waals surface area contributed by atoms with E-state index in [2.05, 4.69) is 0 Å². The van der Waals surface area contributed by atoms with Gasteiger partial charge in [-0.05, 0) is 13.8 Å². The topological polar surface area (TPSA) is 56.6 Å². The molecule has 1 aliphatic heterocycles. The molecule has 0 aromatic rings. The fraction of sp³-hybridized carbons (Fsp3) is 0.600. The zero-order chi connectivity index (χ0) is 11.6. The van der Waals surface area contributed by atoms with Crippen molar-refractivity contribution in [1.82, 2.24) is 9.80 Å². The number of amides is 1. The molecular weight excluding hydrogens is 194 g/mol. The van der Waals surface area contributed by atoms with Crippen molar-refractivity contribution in [3.8, 4) is 6.07 Å². The molecule has 15 heavy (non-hydrogen) atoms. The number of hydrogen-bond donors (Lipinski definition) is 0. The van der Waals surface area contributed by atoms with Gasteiger partial charge in [-0.25, -0.2) is 4.79 Å². The second-order valence-electron chi connectivity index (χ2n) is 4.29. The van der Waals surface area contributed by atoms with Crippen LogP contribution in [0.4, 0.5) is 4.79 Å². The molecule has 1 saturated heterocycles. The molecule has 0 bridgehead atoms. The molecule has 0 atom stereocenters. The molecular formula is C10H15N3O2. The molecule has 82 valence electrons. The van der Waals surface area contributed by atoms with Gasteiger partial charge in [0.1, 0.15) is 18.4 Å². The molecule has 0 radical (unpaired) electrons. The second kappa shape index (κ2) is 3.81. The first-order chi connectivity index (χ1) is 6.88. The molecule has 0 aliphatic carbocycles. The van der Waals surface area contributed by atoms with E-state index in [1.165, 1.54) is 4.90 Å². The quantitative estimate of drug-likeness (QED) is 0.640. The van der Waals surface area contributed by atoms with E-state index in [0.717, 1.165) is 0 Å². The van der Waals surface area contributed by atoms with Gasteiger partial charge in [-0.1, -0.05) is 0 Å². The van der Waals surface area contributed by atoms with Crippen molar-refractivity contribution in [1.29, 1.82) is 5.26 Å². The molecule has 1 heterocycles. The summed E-state index contributed by atoms with van der Waals surface area (Å²) in [5, 5.41) is 8.99. The van der Waals surface area contributed by atoms with Crippen molar-refractivity contribution in [3.63, 3.8) is 0 Å². The summed E-state index contributed by atoms with van der Waals surface area (Å²) in [6.07, 6.45) is 1.14. The van der Waals surface area contributed by atoms with Crippen LogP contribution < -0.4 is 0 Å². The van der Waals surface area contributed by atoms with Crippen LogP contribution in [-0.4, -0.2) is 42.1 Å². The molecule has 1 rings (SSSR count). The zero-order valence-corrected chi connectivity index (χ0v) is 9.44. The number of carbonyl (C=O) groups is 1. The molecule has 0 unspecified atom stereocenters. The highest BCUT2D eigenvalue weighted by atomic mass is 16.6. The Kier molecular flexibility index (Phi) is 2.89. The predicted octanol–water partition coefficient (Wildman–Crippen LogP) is 1.14. The largest absolute Gasteiger partial charge is 0.447 e. The van der Waals surface area contributed by atoms with Gasteiger partial charge in [-0.3, -0.25) is 4.90 Å². The maximum atomic E-state index is 11.5. The summed E-state index contributed by atoms with van der Waals surface area (Å²) >= 11 is 0. The highest BCUT2D eigenvalue weighted by Crippen LogP contribution is 2.27. The Labute approximate surface area is 89.5 Å². The fourth-order valence-electron chi connectivity index (χ4n) is 1.42. The van der Waals surface area contributed by atoms with Crippen LogP contribution in [-0.2, 0) is 4.74 Å². The number of nitrogens with zero attached hydrogens (tertiary/aromatic N) is 3. The maximum Gasteiger partial charge on any atom is 0.415 e. The normalized spacial score (nSPS) is 19.8. The molecule has 0 spiro atoms. The Morgan fingerprint density at radius 3 is 2.60 bits per heavy atom. The van der Waals surface area contributed by atoms with E-state index in [9.17, 15) is 4.79 Å². The summed E-state index contributed by atoms with van der Waals surface area (Å²) in [7, 11) is 3.59. The highest BCUT2D eigenvalue weighted by molar-refractivity contribution is 5.74. The van der Waals surface area contributed by atoms with Gasteiger partial charge in [-0.15, -0.1) is 0 Å². The Bertz CT molecular complexity index is 339. The average molecular weight is 209 g/mol. The van der Waals surface area contributed by atoms with Crippen molar-refractivity contribution in [3.05, 3.63) is 11.9 Å². The minimum Gasteiger partial charge on any atom is -0.447 e. The molecule has 1 fully saturated rings. The lowest BCUT2D eigenvalue weighted by Crippen LogP contribution is -2.41. The Morgan fingerprint density at radius 1 is 1.67 bits per heavy atom. The molecule has 1 aliphatic rings. The average Bonchev–Trinajstić information content (AvgIpc) is 2.37. The highest BCUT2D eigenvalue weighted by Gasteiger charge is 2.42. The minimum atomic E-state index is -0.464. The van der Waals surface area contributed by atoms with Crippen LogP contribution in [0.5, 0.6) is 0 Å². The van der Waals surface area contributed by atoms with Crippen molar-refractivity contribution < 1.29 is 9.53 Å². The third-order valence-electron chi connectivity index (χ3n) is 2.07. The molecule has 0 aromatic heterocycles. The molecule has 0 saturated carbocycles. The van der Waals surface area contributed by atoms with Crippen molar-refractivity contribution in [2.75, 3.05) is 20.7 Å². The van der Waals surface area contributed by atoms with Gasteiger partial charge in [-0.2, -0.15) is 5.26 Å². The van der Waals surface area contributed by atoms with Crippen molar-refractivity contribution >= 4 is 6.09 Å². The molecule has 5 heteroatoms. The lowest BCUT2D eigenvalue weighted by molar-refractivity contribution is 0.164. The third kappa shape index (κ3) is 2.21. The number of cyclic esters (lactones) is 1. The van der Waals surface area contributed by atoms with Crippen LogP contribution in [0.2, 0.25) is 0 Å². The van der Waals surface area contributed by atoms with E-state index in [1.54, 1.807) is 25.2 Å². The summed E-state index contributed by atoms with van der Waals surface area (Å²) in [5.74, 6) is 0. The van der Waals surface area contributed by atoms with Gasteiger partial charge in [0.15, 0.2) is 0 Å². The van der Waals surface area contributed by atoms with E-state index in [0.29, 0.717) is 12.3 Å². The number of rotatable bonds is 2. The molecule has 1 amide bonds. The van der Waals surface area contributed by atoms with Gasteiger partial charge in [0, 0.05) is 20.3 Å². The van der Waals surface area contributed by atoms with Crippen LogP contribution in [0.1, 0.15) is 13.8 Å². The predicted molar refractivity (Wildman–Crippen MR) is 54.6 cm³/mol. The van der Waals surface area contributed by atoms with Gasteiger partial charge in [0.05, 0.1) is 5.54 Å². The van der Waals surface area contributed by atoms with E-state index in [4.69, 9.17) is 10.00 Å². The summed E-state index contributed by atoms with van der Waals surface area (Å²) < 4.78 is 4.92. The van der Waals surface area contributed by atoms with Crippen LogP contribution in [0.25, 0.3) is 0 Å². The van der Waals surface area contributed by atoms with E-state index in [-0.39, 0.29) is 0 Å². The number of carbonyl (C=O) groups excluding carboxylic acids is 1. The monoisotopic (exact) mass is 209 g/mol. The molecule has 0 aromatic carbocycles. The summed E-state index contributed by atoms with van der Waals surface area (Å²) in [4.78, 5) is 14.6. The number of allylic oxidation sites excluding steroid dienone is 1. The maximum absolute atomic E-state index is 11.5. The van der Waals surface area contributed by atoms with E-state index in [1.807, 2.05) is 19.9 Å². The van der Waals surface area contributed by atoms with E-state index >= 15 is 0 Å². The summed E-state index contributed by atoms with van der Waals surface area (Å²) in [6.45, 7) is 4.02. The third-order valence-corrected chi connectivity index (χ3v) is 2.07. The van der Waals surface area contributed by atoms with Gasteiger partial charge in [0.2, 0.25) is 0 Å². The van der Waals surface area contributed by atoms with Crippen LogP contribution in [0, 0.1) is 11.3 Å². The zero-order valence-electron chi connectivity index (χ0n) is 9.44. The summed E-state index contributed by atoms with van der Waals surface area (Å²) in [5.41, 5.74) is -0.165. The molecule has 0 N–H and O–H groups in total. The number of nitriles is 1. The van der Waals surface area contributed by atoms with Crippen molar-refractivity contribution in [2.45, 2.75) is 19.4 Å². The first-order valence-corrected chi connectivity index (χ1v) is 4.64. The van der Waals surface area contributed by atoms with Crippen LogP contribution in [0.15, 0.2) is 11.9 Å². The SMILES string of the molecule is CN(C)/C=C(\C#N)N1C(=O)OCC1(C)C. The van der Waals surface area contributed by atoms with Gasteiger partial charge >= 0.3 is 6.09 Å². The first-order valence-electron chi connectivity index (χ1n) is 4.64. The smallest absolute Gasteiger partial charge is 0.415 e. The van der Waals surface area contributed by atoms with Gasteiger partial charge in [0.25, 0.3) is 0 Å². The minimum absolute atomic E-state index is 0.299. The first kappa shape index (κ1) is 11.4. The van der Waals surface area contributed by atoms with Crippen LogP contribution >= 0.6 is 0 Å². The Hall–Kier alpha value is -1.70. The Balaban J connectivity index is 3.04. The Morgan fingerprint density at radius 2 is 2.27 bits per heavy atom. The second-order valence-corrected chi connectivity index (χ2v) is 4.29. The van der Waals surface area contributed by atoms with Crippen molar-refractivity contribution in [2.24, 2.45) is 0 Å². The molecule has 5 nitrogen and oxygen atoms in total.